The van der Waals surface area contributed by atoms with E-state index in [-0.39, 0.29) is 51.6 Å². The number of aliphatic hydroxyl groups excluding tert-OH is 9. The molecule has 17 heteroatoms. The van der Waals surface area contributed by atoms with Gasteiger partial charge in [-0.25, -0.2) is 4.79 Å². The second-order valence-corrected chi connectivity index (χ2v) is 23.2. The first-order chi connectivity index (χ1) is 29.8. The lowest BCUT2D eigenvalue weighted by Gasteiger charge is -2.72. The summed E-state index contributed by atoms with van der Waals surface area (Å²) in [5.74, 6) is -1.06. The van der Waals surface area contributed by atoms with E-state index in [1.807, 2.05) is 6.92 Å². The fraction of sp³-hybridized carbons (Fsp3) is 0.936. The summed E-state index contributed by atoms with van der Waals surface area (Å²) in [6.07, 6.45) is -14.6. The molecule has 0 amide bonds. The summed E-state index contributed by atoms with van der Waals surface area (Å²) >= 11 is 0. The van der Waals surface area contributed by atoms with E-state index in [1.165, 1.54) is 12.5 Å². The molecule has 366 valence electrons. The third-order valence-electron chi connectivity index (χ3n) is 19.1. The quantitative estimate of drug-likeness (QED) is 0.122. The zero-order chi connectivity index (χ0) is 46.9. The van der Waals surface area contributed by atoms with Crippen molar-refractivity contribution in [3.63, 3.8) is 0 Å². The fourth-order valence-electron chi connectivity index (χ4n) is 14.8. The number of carboxylic acids is 1. The topological polar surface area (TPSA) is 275 Å². The molecule has 0 aromatic carbocycles. The average molecular weight is 913 g/mol. The summed E-state index contributed by atoms with van der Waals surface area (Å²) in [5.41, 5.74) is 0.0868. The molecule has 0 aromatic rings. The molecule has 3 saturated heterocycles. The number of carboxylic acid groups (broad SMARTS) is 1. The van der Waals surface area contributed by atoms with E-state index in [4.69, 9.17) is 28.4 Å². The highest BCUT2D eigenvalue weighted by Crippen LogP contribution is 2.76. The van der Waals surface area contributed by atoms with Crippen molar-refractivity contribution >= 4 is 5.97 Å². The fourth-order valence-corrected chi connectivity index (χ4v) is 14.8. The van der Waals surface area contributed by atoms with Gasteiger partial charge in [-0.05, 0) is 104 Å². The summed E-state index contributed by atoms with van der Waals surface area (Å²) in [5, 5.41) is 109. The molecule has 0 spiro atoms. The molecule has 3 aliphatic heterocycles. The van der Waals surface area contributed by atoms with Gasteiger partial charge in [0.15, 0.2) is 25.0 Å². The van der Waals surface area contributed by atoms with Crippen LogP contribution in [0.4, 0.5) is 0 Å². The molecule has 17 nitrogen and oxygen atoms in total. The molecule has 0 unspecified atom stereocenters. The molecule has 3 heterocycles. The van der Waals surface area contributed by atoms with E-state index in [1.54, 1.807) is 0 Å². The highest BCUT2D eigenvalue weighted by atomic mass is 16.8. The van der Waals surface area contributed by atoms with Crippen molar-refractivity contribution in [2.75, 3.05) is 13.2 Å². The first kappa shape index (κ1) is 49.0. The molecular weight excluding hydrogens is 837 g/mol. The zero-order valence-corrected chi connectivity index (χ0v) is 38.7. The van der Waals surface area contributed by atoms with Crippen LogP contribution in [0, 0.1) is 50.2 Å². The lowest BCUT2D eigenvalue weighted by molar-refractivity contribution is -0.391. The predicted molar refractivity (Wildman–Crippen MR) is 225 cm³/mol. The number of fused-ring (bicyclic) bond motifs is 7. The van der Waals surface area contributed by atoms with Crippen molar-refractivity contribution in [1.29, 1.82) is 0 Å². The van der Waals surface area contributed by atoms with Crippen LogP contribution in [0.2, 0.25) is 0 Å². The van der Waals surface area contributed by atoms with Gasteiger partial charge in [-0.15, -0.1) is 0 Å². The van der Waals surface area contributed by atoms with Gasteiger partial charge in [-0.2, -0.15) is 0 Å². The van der Waals surface area contributed by atoms with Crippen molar-refractivity contribution in [2.45, 2.75) is 211 Å². The van der Waals surface area contributed by atoms with Gasteiger partial charge in [0.1, 0.15) is 54.9 Å². The van der Waals surface area contributed by atoms with Gasteiger partial charge in [-0.1, -0.05) is 60.1 Å². The molecule has 7 fully saturated rings. The van der Waals surface area contributed by atoms with Crippen LogP contribution in [0.3, 0.4) is 0 Å². The van der Waals surface area contributed by atoms with Crippen molar-refractivity contribution in [1.82, 2.24) is 0 Å². The minimum Gasteiger partial charge on any atom is -0.479 e. The Kier molecular flexibility index (Phi) is 13.0. The van der Waals surface area contributed by atoms with Crippen LogP contribution in [0.15, 0.2) is 11.6 Å². The van der Waals surface area contributed by atoms with Crippen LogP contribution in [-0.4, -0.2) is 168 Å². The average Bonchev–Trinajstić information content (AvgIpc) is 3.22. The third-order valence-corrected chi connectivity index (χ3v) is 19.1. The molecule has 0 bridgehead atoms. The van der Waals surface area contributed by atoms with Crippen LogP contribution in [-0.2, 0) is 33.2 Å². The van der Waals surface area contributed by atoms with E-state index in [9.17, 15) is 55.9 Å². The van der Waals surface area contributed by atoms with Crippen molar-refractivity contribution < 1.29 is 84.3 Å². The van der Waals surface area contributed by atoms with Crippen molar-refractivity contribution in [3.05, 3.63) is 11.6 Å². The van der Waals surface area contributed by atoms with E-state index >= 15 is 0 Å². The van der Waals surface area contributed by atoms with Gasteiger partial charge >= 0.3 is 5.97 Å². The molecule has 0 aromatic heterocycles. The Labute approximate surface area is 376 Å². The van der Waals surface area contributed by atoms with Gasteiger partial charge in [0.25, 0.3) is 0 Å². The number of aliphatic hydroxyl groups is 9. The van der Waals surface area contributed by atoms with Crippen LogP contribution in [0.5, 0.6) is 0 Å². The molecule has 64 heavy (non-hydrogen) atoms. The standard InChI is InChI=1S/C47H76O17/c1-21-29(51)31(53)36(63-39-34(56)30(52)24(49)19-59-39)40(60-21)64-37-33(55)32(54)35(38(57)58)62-41(37)61-28-12-13-44(5)25(45(28,6)20-48)11-14-47(8)26(44)10-9-22-23-17-42(2,3)18-27(50)43(23,4)15-16-46(22,47)7/h9,21,23-37,39-41,48-56H,10-20H2,1-8H3,(H,57,58)/t21-,23+,24-,25-,26-,27-,28+,29+,30-,31+,32+,33+,34+,35+,36-,37-,39+,40+,41-,43-,44+,45-,46-,47-/m1/s1. The zero-order valence-electron chi connectivity index (χ0n) is 38.7. The molecular formula is C47H76O17. The largest absolute Gasteiger partial charge is 0.479 e. The maximum atomic E-state index is 12.4. The number of hydrogen-bond donors (Lipinski definition) is 10. The van der Waals surface area contributed by atoms with Crippen LogP contribution >= 0.6 is 0 Å². The predicted octanol–water partition coefficient (Wildman–Crippen LogP) is 1.34. The van der Waals surface area contributed by atoms with E-state index in [0.29, 0.717) is 18.8 Å². The Morgan fingerprint density at radius 3 is 2.00 bits per heavy atom. The van der Waals surface area contributed by atoms with Crippen molar-refractivity contribution in [2.24, 2.45) is 50.2 Å². The number of hydrogen-bond acceptors (Lipinski definition) is 16. The second-order valence-electron chi connectivity index (χ2n) is 23.2. The first-order valence-corrected chi connectivity index (χ1v) is 23.7. The molecule has 8 aliphatic rings. The number of ether oxygens (including phenoxy) is 6. The second kappa shape index (κ2) is 16.9. The number of allylic oxidation sites excluding steroid dienone is 2. The highest BCUT2D eigenvalue weighted by molar-refractivity contribution is 5.73. The van der Waals surface area contributed by atoms with E-state index in [0.717, 1.165) is 44.9 Å². The molecule has 10 N–H and O–H groups in total. The third kappa shape index (κ3) is 7.49. The Hall–Kier alpha value is -1.39. The van der Waals surface area contributed by atoms with Crippen molar-refractivity contribution in [3.8, 4) is 0 Å². The van der Waals surface area contributed by atoms with Gasteiger partial charge < -0.3 is 79.5 Å². The number of carbonyl (C=O) groups is 1. The smallest absolute Gasteiger partial charge is 0.335 e. The Balaban J connectivity index is 1.07. The maximum absolute atomic E-state index is 12.4. The molecule has 0 radical (unpaired) electrons. The number of rotatable bonds is 8. The lowest BCUT2D eigenvalue weighted by Crippen LogP contribution is -2.68. The van der Waals surface area contributed by atoms with Crippen LogP contribution in [0.1, 0.15) is 113 Å². The van der Waals surface area contributed by atoms with Crippen LogP contribution < -0.4 is 0 Å². The SMILES string of the molecule is C[C@H]1O[C@@H](O[C@H]2[C@H](O[C@H]3CC[C@@]4(C)[C@@H](CC[C@]5(C)[C@@H]4CC=C4[C@@H]6CC(C)(C)C[C@@H](O)[C@]6(C)CC[C@]45C)[C@@]3(C)CO)O[C@H](C(=O)O)[C@@H](O)[C@@H]2O)[C@H](O[C@@H]2OC[C@@H](O)[C@@H](O)[C@@H]2O)[C@@H](O)[C@H]1O. The molecule has 5 aliphatic carbocycles. The summed E-state index contributed by atoms with van der Waals surface area (Å²) in [6, 6.07) is 0. The molecule has 24 atom stereocenters. The highest BCUT2D eigenvalue weighted by Gasteiger charge is 2.70. The molecule has 4 saturated carbocycles. The Morgan fingerprint density at radius 1 is 0.703 bits per heavy atom. The normalized spacial score (nSPS) is 56.1. The van der Waals surface area contributed by atoms with Crippen LogP contribution in [0.25, 0.3) is 0 Å². The van der Waals surface area contributed by atoms with E-state index in [2.05, 4.69) is 47.6 Å². The minimum absolute atomic E-state index is 0.0282. The van der Waals surface area contributed by atoms with Gasteiger partial charge in [0, 0.05) is 10.8 Å². The summed E-state index contributed by atoms with van der Waals surface area (Å²) < 4.78 is 36.1. The lowest BCUT2D eigenvalue weighted by atomic mass is 9.33. The summed E-state index contributed by atoms with van der Waals surface area (Å²) in [6.45, 7) is 16.9. The monoisotopic (exact) mass is 913 g/mol. The van der Waals surface area contributed by atoms with Gasteiger partial charge in [-0.3, -0.25) is 0 Å². The number of aliphatic carboxylic acids is 1. The van der Waals surface area contributed by atoms with Gasteiger partial charge in [0.05, 0.1) is 31.5 Å². The van der Waals surface area contributed by atoms with Gasteiger partial charge in [0.2, 0.25) is 0 Å². The molecule has 8 rings (SSSR count). The van der Waals surface area contributed by atoms with E-state index < -0.39 is 110 Å². The minimum atomic E-state index is -2.01. The first-order valence-electron chi connectivity index (χ1n) is 23.7. The maximum Gasteiger partial charge on any atom is 0.335 e. The Morgan fingerprint density at radius 2 is 1.34 bits per heavy atom. The Bertz CT molecular complexity index is 1760. The summed E-state index contributed by atoms with van der Waals surface area (Å²) in [4.78, 5) is 12.4. The summed E-state index contributed by atoms with van der Waals surface area (Å²) in [7, 11) is 0.